The molecule has 0 heterocycles. The summed E-state index contributed by atoms with van der Waals surface area (Å²) in [5.41, 5.74) is 5.94. The van der Waals surface area contributed by atoms with Crippen LogP contribution in [0.15, 0.2) is 72.8 Å². The van der Waals surface area contributed by atoms with Gasteiger partial charge in [0.15, 0.2) is 6.61 Å². The molecule has 0 aromatic heterocycles. The number of benzene rings is 3. The Morgan fingerprint density at radius 1 is 0.897 bits per heavy atom. The van der Waals surface area contributed by atoms with Gasteiger partial charge in [0.2, 0.25) is 0 Å². The molecule has 0 aliphatic heterocycles. The maximum atomic E-state index is 12.8. The number of nitrogens with one attached hydrogen (secondary N) is 1. The molecule has 0 spiro atoms. The zero-order valence-corrected chi connectivity index (χ0v) is 16.9. The number of carbonyl (C=O) groups excluding carboxylic acids is 1. The minimum atomic E-state index is -0.197. The van der Waals surface area contributed by atoms with Crippen LogP contribution in [0.2, 0.25) is 0 Å². The summed E-state index contributed by atoms with van der Waals surface area (Å²) in [5, 5.41) is 3.16. The molecule has 3 aromatic rings. The van der Waals surface area contributed by atoms with Gasteiger partial charge in [0, 0.05) is 0 Å². The minimum absolute atomic E-state index is 0.0195. The van der Waals surface area contributed by atoms with Gasteiger partial charge in [0.1, 0.15) is 5.75 Å². The molecule has 1 aliphatic carbocycles. The number of ether oxygens (including phenoxy) is 1. The molecule has 0 fully saturated rings. The van der Waals surface area contributed by atoms with Crippen molar-refractivity contribution < 1.29 is 9.53 Å². The number of hydrogen-bond acceptors (Lipinski definition) is 2. The summed E-state index contributed by atoms with van der Waals surface area (Å²) in [6.45, 7) is 2.08. The van der Waals surface area contributed by atoms with Crippen LogP contribution in [-0.2, 0) is 17.6 Å². The molecule has 0 unspecified atom stereocenters. The Morgan fingerprint density at radius 2 is 1.62 bits per heavy atom. The van der Waals surface area contributed by atoms with Crippen LogP contribution in [0, 0.1) is 6.92 Å². The Balaban J connectivity index is 1.48. The van der Waals surface area contributed by atoms with Gasteiger partial charge in [-0.1, -0.05) is 72.3 Å². The van der Waals surface area contributed by atoms with Crippen molar-refractivity contribution >= 4 is 5.91 Å². The lowest BCUT2D eigenvalue weighted by Crippen LogP contribution is -2.33. The first kappa shape index (κ1) is 19.3. The van der Waals surface area contributed by atoms with E-state index < -0.39 is 0 Å². The van der Waals surface area contributed by atoms with Gasteiger partial charge in [-0.25, -0.2) is 0 Å². The number of fused-ring (bicyclic) bond motifs is 1. The summed E-state index contributed by atoms with van der Waals surface area (Å²) in [6, 6.07) is 24.3. The van der Waals surface area contributed by atoms with Crippen LogP contribution in [0.25, 0.3) is 0 Å². The molecule has 148 valence electrons. The largest absolute Gasteiger partial charge is 0.483 e. The molecular weight excluding hydrogens is 358 g/mol. The molecule has 0 saturated heterocycles. The molecule has 0 saturated carbocycles. The quantitative estimate of drug-likeness (QED) is 0.637. The first-order chi connectivity index (χ1) is 14.2. The molecule has 3 aromatic carbocycles. The third kappa shape index (κ3) is 4.68. The van der Waals surface area contributed by atoms with E-state index in [0.717, 1.165) is 29.7 Å². The molecular formula is C26H27NO2. The zero-order chi connectivity index (χ0) is 20.1. The van der Waals surface area contributed by atoms with Gasteiger partial charge in [-0.15, -0.1) is 0 Å². The van der Waals surface area contributed by atoms with Crippen molar-refractivity contribution in [3.63, 3.8) is 0 Å². The summed E-state index contributed by atoms with van der Waals surface area (Å²) < 4.78 is 5.95. The Hall–Kier alpha value is -3.07. The third-order valence-corrected chi connectivity index (χ3v) is 5.56. The van der Waals surface area contributed by atoms with Crippen molar-refractivity contribution in [2.24, 2.45) is 0 Å². The summed E-state index contributed by atoms with van der Waals surface area (Å²) in [5.74, 6) is 0.733. The van der Waals surface area contributed by atoms with Crippen molar-refractivity contribution in [3.8, 4) is 5.75 Å². The highest BCUT2D eigenvalue weighted by molar-refractivity contribution is 5.78. The Morgan fingerprint density at radius 3 is 2.41 bits per heavy atom. The van der Waals surface area contributed by atoms with Crippen LogP contribution in [0.3, 0.4) is 0 Å². The van der Waals surface area contributed by atoms with E-state index in [-0.39, 0.29) is 18.6 Å². The number of carbonyl (C=O) groups is 1. The monoisotopic (exact) mass is 385 g/mol. The van der Waals surface area contributed by atoms with E-state index in [4.69, 9.17) is 4.74 Å². The predicted octanol–water partition coefficient (Wildman–Crippen LogP) is 5.16. The van der Waals surface area contributed by atoms with Gasteiger partial charge in [-0.3, -0.25) is 4.79 Å². The molecule has 0 bridgehead atoms. The number of hydrogen-bond donors (Lipinski definition) is 1. The van der Waals surface area contributed by atoms with Gasteiger partial charge >= 0.3 is 0 Å². The summed E-state index contributed by atoms with van der Waals surface area (Å²) in [6.07, 6.45) is 4.54. The normalized spacial score (nSPS) is 14.0. The Labute approximate surface area is 172 Å². The number of aryl methyl sites for hydroxylation is 2. The first-order valence-corrected chi connectivity index (χ1v) is 10.3. The molecule has 1 atom stereocenters. The standard InChI is InChI=1S/C26H27NO2/c1-19-14-16-22(17-15-19)26(21-9-3-2-4-10-21)27-25(28)18-29-24-13-7-11-20-8-5-6-12-23(20)24/h2-4,7,9-11,13-17,26H,5-6,8,12,18H2,1H3,(H,27,28)/t26-/m1/s1. The highest BCUT2D eigenvalue weighted by Crippen LogP contribution is 2.29. The van der Waals surface area contributed by atoms with E-state index in [2.05, 4.69) is 42.6 Å². The van der Waals surface area contributed by atoms with Gasteiger partial charge in [0.05, 0.1) is 6.04 Å². The van der Waals surface area contributed by atoms with Crippen molar-refractivity contribution in [2.45, 2.75) is 38.6 Å². The maximum Gasteiger partial charge on any atom is 0.258 e. The van der Waals surface area contributed by atoms with E-state index in [9.17, 15) is 4.79 Å². The second-order valence-corrected chi connectivity index (χ2v) is 7.71. The van der Waals surface area contributed by atoms with E-state index in [1.54, 1.807) is 0 Å². The fraction of sp³-hybridized carbons (Fsp3) is 0.269. The zero-order valence-electron chi connectivity index (χ0n) is 16.9. The van der Waals surface area contributed by atoms with Gasteiger partial charge < -0.3 is 10.1 Å². The number of amides is 1. The van der Waals surface area contributed by atoms with Crippen LogP contribution in [0.4, 0.5) is 0 Å². The predicted molar refractivity (Wildman–Crippen MR) is 116 cm³/mol. The van der Waals surface area contributed by atoms with E-state index >= 15 is 0 Å². The van der Waals surface area contributed by atoms with Gasteiger partial charge in [-0.05, 0) is 60.9 Å². The lowest BCUT2D eigenvalue weighted by molar-refractivity contribution is -0.123. The molecule has 1 aliphatic rings. The fourth-order valence-corrected chi connectivity index (χ4v) is 3.99. The Kier molecular flexibility index (Phi) is 5.95. The van der Waals surface area contributed by atoms with Crippen LogP contribution in [0.1, 0.15) is 46.7 Å². The van der Waals surface area contributed by atoms with Crippen molar-refractivity contribution in [1.29, 1.82) is 0 Å². The summed E-state index contributed by atoms with van der Waals surface area (Å²) in [7, 11) is 0. The second-order valence-electron chi connectivity index (χ2n) is 7.71. The lowest BCUT2D eigenvalue weighted by Gasteiger charge is -2.22. The van der Waals surface area contributed by atoms with Gasteiger partial charge in [-0.2, -0.15) is 0 Å². The van der Waals surface area contributed by atoms with Crippen LogP contribution in [0.5, 0.6) is 5.75 Å². The molecule has 29 heavy (non-hydrogen) atoms. The third-order valence-electron chi connectivity index (χ3n) is 5.56. The molecule has 0 radical (unpaired) electrons. The SMILES string of the molecule is Cc1ccc([C@H](NC(=O)COc2cccc3c2CCCC3)c2ccccc2)cc1. The molecule has 3 nitrogen and oxygen atoms in total. The van der Waals surface area contributed by atoms with Crippen LogP contribution < -0.4 is 10.1 Å². The average molecular weight is 386 g/mol. The average Bonchev–Trinajstić information content (AvgIpc) is 2.77. The smallest absolute Gasteiger partial charge is 0.258 e. The molecule has 3 heteroatoms. The fourth-order valence-electron chi connectivity index (χ4n) is 3.99. The van der Waals surface area contributed by atoms with Crippen molar-refractivity contribution in [3.05, 3.63) is 101 Å². The van der Waals surface area contributed by atoms with Crippen LogP contribution in [-0.4, -0.2) is 12.5 Å². The van der Waals surface area contributed by atoms with E-state index in [0.29, 0.717) is 0 Å². The maximum absolute atomic E-state index is 12.8. The van der Waals surface area contributed by atoms with E-state index in [1.807, 2.05) is 42.5 Å². The molecule has 1 N–H and O–H groups in total. The summed E-state index contributed by atoms with van der Waals surface area (Å²) in [4.78, 5) is 12.8. The highest BCUT2D eigenvalue weighted by atomic mass is 16.5. The van der Waals surface area contributed by atoms with Crippen molar-refractivity contribution in [2.75, 3.05) is 6.61 Å². The first-order valence-electron chi connectivity index (χ1n) is 10.3. The molecule has 4 rings (SSSR count). The Bertz CT molecular complexity index is 964. The second kappa shape index (κ2) is 8.95. The van der Waals surface area contributed by atoms with Gasteiger partial charge in [0.25, 0.3) is 5.91 Å². The number of rotatable bonds is 6. The summed E-state index contributed by atoms with van der Waals surface area (Å²) >= 11 is 0. The topological polar surface area (TPSA) is 38.3 Å². The minimum Gasteiger partial charge on any atom is -0.483 e. The highest BCUT2D eigenvalue weighted by Gasteiger charge is 2.18. The lowest BCUT2D eigenvalue weighted by atomic mass is 9.91. The van der Waals surface area contributed by atoms with Crippen LogP contribution >= 0.6 is 0 Å². The van der Waals surface area contributed by atoms with Crippen molar-refractivity contribution in [1.82, 2.24) is 5.32 Å². The van der Waals surface area contributed by atoms with E-state index in [1.165, 1.54) is 29.5 Å². The molecule has 1 amide bonds.